The summed E-state index contributed by atoms with van der Waals surface area (Å²) in [6.07, 6.45) is 0. The molecule has 7 heteroatoms. The fourth-order valence-corrected chi connectivity index (χ4v) is 1.97. The summed E-state index contributed by atoms with van der Waals surface area (Å²) in [7, 11) is 0. The number of halogens is 1. The van der Waals surface area contributed by atoms with Gasteiger partial charge in [-0.1, -0.05) is 23.7 Å². The number of oxazole rings is 1. The van der Waals surface area contributed by atoms with Crippen LogP contribution < -0.4 is 5.32 Å². The number of nitro groups is 1. The number of nitrogens with zero attached hydrogens (tertiary/aromatic N) is 2. The van der Waals surface area contributed by atoms with Crippen molar-refractivity contribution < 1.29 is 9.34 Å². The van der Waals surface area contributed by atoms with Gasteiger partial charge < -0.3 is 9.73 Å². The monoisotopic (exact) mass is 289 g/mol. The van der Waals surface area contributed by atoms with Gasteiger partial charge in [0.15, 0.2) is 5.58 Å². The van der Waals surface area contributed by atoms with Gasteiger partial charge in [0.05, 0.1) is 4.92 Å². The number of hydrogen-bond donors (Lipinski definition) is 1. The Labute approximate surface area is 118 Å². The highest BCUT2D eigenvalue weighted by molar-refractivity contribution is 6.31. The van der Waals surface area contributed by atoms with Gasteiger partial charge in [0, 0.05) is 17.2 Å². The Morgan fingerprint density at radius 2 is 2.05 bits per heavy atom. The number of anilines is 2. The first kappa shape index (κ1) is 12.4. The molecule has 0 saturated heterocycles. The van der Waals surface area contributed by atoms with Crippen molar-refractivity contribution in [3.63, 3.8) is 0 Å². The maximum atomic E-state index is 10.9. The lowest BCUT2D eigenvalue weighted by Gasteiger charge is -2.01. The van der Waals surface area contributed by atoms with Gasteiger partial charge in [-0.25, -0.2) is 0 Å². The molecule has 1 heterocycles. The van der Waals surface area contributed by atoms with Crippen LogP contribution in [-0.2, 0) is 0 Å². The van der Waals surface area contributed by atoms with E-state index in [2.05, 4.69) is 10.3 Å². The Morgan fingerprint density at radius 1 is 1.25 bits per heavy atom. The van der Waals surface area contributed by atoms with Crippen molar-refractivity contribution in [2.24, 2.45) is 0 Å². The molecule has 20 heavy (non-hydrogen) atoms. The van der Waals surface area contributed by atoms with E-state index in [1.54, 1.807) is 36.4 Å². The van der Waals surface area contributed by atoms with Crippen LogP contribution in [0, 0.1) is 10.1 Å². The lowest BCUT2D eigenvalue weighted by molar-refractivity contribution is -0.383. The number of rotatable bonds is 3. The number of aromatic nitrogens is 1. The second-order valence-electron chi connectivity index (χ2n) is 4.03. The predicted molar refractivity (Wildman–Crippen MR) is 75.4 cm³/mol. The molecule has 0 aliphatic heterocycles. The zero-order valence-electron chi connectivity index (χ0n) is 10.0. The molecular formula is C13H8ClN3O3. The molecule has 0 saturated carbocycles. The van der Waals surface area contributed by atoms with Crippen LogP contribution in [0.15, 0.2) is 46.9 Å². The highest BCUT2D eigenvalue weighted by atomic mass is 35.5. The van der Waals surface area contributed by atoms with Gasteiger partial charge >= 0.3 is 0 Å². The topological polar surface area (TPSA) is 81.2 Å². The standard InChI is InChI=1S/C13H8ClN3O3/c14-8-5-6-10-12(7-8)20-13(16-10)15-9-3-1-2-4-11(9)17(18)19/h1-7H,(H,15,16). The third-order valence-electron chi connectivity index (χ3n) is 2.69. The second kappa shape index (κ2) is 4.82. The zero-order valence-corrected chi connectivity index (χ0v) is 10.8. The summed E-state index contributed by atoms with van der Waals surface area (Å²) >= 11 is 5.86. The molecule has 0 radical (unpaired) electrons. The number of para-hydroxylation sites is 2. The Hall–Kier alpha value is -2.60. The average Bonchev–Trinajstić information content (AvgIpc) is 2.80. The van der Waals surface area contributed by atoms with Crippen LogP contribution in [0.5, 0.6) is 0 Å². The van der Waals surface area contributed by atoms with Crippen molar-refractivity contribution in [3.8, 4) is 0 Å². The van der Waals surface area contributed by atoms with Crippen LogP contribution in [0.2, 0.25) is 5.02 Å². The third-order valence-corrected chi connectivity index (χ3v) is 2.93. The van der Waals surface area contributed by atoms with Gasteiger partial charge in [0.2, 0.25) is 0 Å². The Morgan fingerprint density at radius 3 is 2.85 bits per heavy atom. The number of nitro benzene ring substituents is 1. The number of hydrogen-bond acceptors (Lipinski definition) is 5. The molecule has 6 nitrogen and oxygen atoms in total. The van der Waals surface area contributed by atoms with Gasteiger partial charge in [-0.15, -0.1) is 0 Å². The molecule has 0 aliphatic rings. The van der Waals surface area contributed by atoms with E-state index in [0.29, 0.717) is 21.8 Å². The van der Waals surface area contributed by atoms with Crippen LogP contribution in [0.3, 0.4) is 0 Å². The quantitative estimate of drug-likeness (QED) is 0.579. The zero-order chi connectivity index (χ0) is 14.1. The Bertz CT molecular complexity index is 800. The molecule has 2 aromatic carbocycles. The van der Waals surface area contributed by atoms with Crippen LogP contribution in [0.4, 0.5) is 17.4 Å². The molecule has 0 atom stereocenters. The molecule has 100 valence electrons. The highest BCUT2D eigenvalue weighted by Crippen LogP contribution is 2.29. The summed E-state index contributed by atoms with van der Waals surface area (Å²) < 4.78 is 5.46. The van der Waals surface area contributed by atoms with Crippen LogP contribution >= 0.6 is 11.6 Å². The smallest absolute Gasteiger partial charge is 0.300 e. The summed E-state index contributed by atoms with van der Waals surface area (Å²) in [4.78, 5) is 14.6. The van der Waals surface area contributed by atoms with E-state index in [9.17, 15) is 10.1 Å². The van der Waals surface area contributed by atoms with E-state index < -0.39 is 4.92 Å². The van der Waals surface area contributed by atoms with E-state index >= 15 is 0 Å². The maximum Gasteiger partial charge on any atom is 0.300 e. The lowest BCUT2D eigenvalue weighted by Crippen LogP contribution is -1.96. The molecule has 3 rings (SSSR count). The van der Waals surface area contributed by atoms with Crippen molar-refractivity contribution in [1.29, 1.82) is 0 Å². The summed E-state index contributed by atoms with van der Waals surface area (Å²) in [6.45, 7) is 0. The van der Waals surface area contributed by atoms with Gasteiger partial charge in [0.25, 0.3) is 11.7 Å². The van der Waals surface area contributed by atoms with Crippen molar-refractivity contribution in [1.82, 2.24) is 4.98 Å². The van der Waals surface area contributed by atoms with Gasteiger partial charge in [-0.3, -0.25) is 10.1 Å². The van der Waals surface area contributed by atoms with Crippen molar-refractivity contribution in [2.45, 2.75) is 0 Å². The minimum atomic E-state index is -0.470. The summed E-state index contributed by atoms with van der Waals surface area (Å²) in [6, 6.07) is 11.5. The highest BCUT2D eigenvalue weighted by Gasteiger charge is 2.14. The first-order valence-corrected chi connectivity index (χ1v) is 6.08. The molecule has 1 N–H and O–H groups in total. The molecular weight excluding hydrogens is 282 g/mol. The van der Waals surface area contributed by atoms with E-state index in [-0.39, 0.29) is 11.7 Å². The van der Waals surface area contributed by atoms with Gasteiger partial charge in [0.1, 0.15) is 11.2 Å². The lowest BCUT2D eigenvalue weighted by atomic mass is 10.3. The van der Waals surface area contributed by atoms with Crippen molar-refractivity contribution in [2.75, 3.05) is 5.32 Å². The number of benzene rings is 2. The number of fused-ring (bicyclic) bond motifs is 1. The summed E-state index contributed by atoms with van der Waals surface area (Å²) in [5.74, 6) is 0. The largest absolute Gasteiger partial charge is 0.423 e. The molecule has 0 aliphatic carbocycles. The van der Waals surface area contributed by atoms with E-state index in [1.807, 2.05) is 0 Å². The van der Waals surface area contributed by atoms with Crippen molar-refractivity contribution in [3.05, 3.63) is 57.6 Å². The van der Waals surface area contributed by atoms with E-state index in [4.69, 9.17) is 16.0 Å². The molecule has 1 aromatic heterocycles. The molecule has 0 unspecified atom stereocenters. The molecule has 0 bridgehead atoms. The molecule has 0 fully saturated rings. The van der Waals surface area contributed by atoms with Gasteiger partial charge in [-0.2, -0.15) is 4.98 Å². The Kier molecular flexibility index (Phi) is 3.00. The SMILES string of the molecule is O=[N+]([O-])c1ccccc1Nc1nc2ccc(Cl)cc2o1. The minimum Gasteiger partial charge on any atom is -0.423 e. The van der Waals surface area contributed by atoms with Gasteiger partial charge in [-0.05, 0) is 18.2 Å². The first-order valence-electron chi connectivity index (χ1n) is 5.70. The maximum absolute atomic E-state index is 10.9. The second-order valence-corrected chi connectivity index (χ2v) is 4.47. The fraction of sp³-hybridized carbons (Fsp3) is 0. The normalized spacial score (nSPS) is 10.7. The fourth-order valence-electron chi connectivity index (χ4n) is 1.81. The number of nitrogens with one attached hydrogen (secondary N) is 1. The van der Waals surface area contributed by atoms with Crippen molar-refractivity contribution >= 4 is 40.1 Å². The van der Waals surface area contributed by atoms with E-state index in [1.165, 1.54) is 6.07 Å². The van der Waals surface area contributed by atoms with Crippen LogP contribution in [0.1, 0.15) is 0 Å². The summed E-state index contributed by atoms with van der Waals surface area (Å²) in [5.41, 5.74) is 1.40. The Balaban J connectivity index is 1.99. The third kappa shape index (κ3) is 2.28. The predicted octanol–water partition coefficient (Wildman–Crippen LogP) is 4.13. The first-order chi connectivity index (χ1) is 9.63. The van der Waals surface area contributed by atoms with E-state index in [0.717, 1.165) is 0 Å². The van der Waals surface area contributed by atoms with Crippen LogP contribution in [0.25, 0.3) is 11.1 Å². The minimum absolute atomic E-state index is 0.0483. The van der Waals surface area contributed by atoms with Crippen LogP contribution in [-0.4, -0.2) is 9.91 Å². The molecule has 3 aromatic rings. The molecule has 0 spiro atoms. The molecule has 0 amide bonds. The summed E-state index contributed by atoms with van der Waals surface area (Å²) in [5, 5.41) is 14.3. The average molecular weight is 290 g/mol.